The van der Waals surface area contributed by atoms with Crippen LogP contribution in [0.5, 0.6) is 0 Å². The van der Waals surface area contributed by atoms with Gasteiger partial charge in [-0.3, -0.25) is 0 Å². The van der Waals surface area contributed by atoms with Gasteiger partial charge in [-0.2, -0.15) is 13.2 Å². The van der Waals surface area contributed by atoms with E-state index in [0.717, 1.165) is 42.1 Å². The van der Waals surface area contributed by atoms with Gasteiger partial charge in [-0.25, -0.2) is 4.39 Å². The van der Waals surface area contributed by atoms with E-state index in [0.29, 0.717) is 5.92 Å². The molecule has 0 spiro atoms. The van der Waals surface area contributed by atoms with Crippen LogP contribution in [0.3, 0.4) is 0 Å². The van der Waals surface area contributed by atoms with E-state index >= 15 is 0 Å². The van der Waals surface area contributed by atoms with E-state index in [1.807, 2.05) is 5.92 Å². The normalized spacial score (nSPS) is 27.4. The summed E-state index contributed by atoms with van der Waals surface area (Å²) in [7, 11) is 0. The van der Waals surface area contributed by atoms with Gasteiger partial charge >= 0.3 is 6.18 Å². The van der Waals surface area contributed by atoms with Gasteiger partial charge in [-0.15, -0.1) is 0 Å². The maximum Gasteiger partial charge on any atom is 0.458 e. The first kappa shape index (κ1) is 23.2. The molecule has 0 bridgehead atoms. The van der Waals surface area contributed by atoms with Crippen molar-refractivity contribution in [3.05, 3.63) is 35.1 Å². The molecule has 0 aliphatic heterocycles. The summed E-state index contributed by atoms with van der Waals surface area (Å²) in [5, 5.41) is 0. The Bertz CT molecular complexity index is 724. The standard InChI is InChI=1S/C26H34F4/c1-2-3-4-5-19-6-8-20(9-7-19)21-10-12-22(13-11-21)24-15-14-23(25(27)18-24)16-17-26(28,29)30/h14-15,18-22H,2-13H2,1H3. The topological polar surface area (TPSA) is 0 Å². The molecule has 1 aromatic rings. The molecule has 0 N–H and O–H groups in total. The van der Waals surface area contributed by atoms with Crippen LogP contribution in [-0.2, 0) is 0 Å². The fourth-order valence-corrected chi connectivity index (χ4v) is 5.58. The first-order valence-corrected chi connectivity index (χ1v) is 11.7. The monoisotopic (exact) mass is 422 g/mol. The Morgan fingerprint density at radius 3 is 2.10 bits per heavy atom. The molecule has 2 aliphatic carbocycles. The predicted octanol–water partition coefficient (Wildman–Crippen LogP) is 8.40. The van der Waals surface area contributed by atoms with Gasteiger partial charge in [-0.1, -0.05) is 57.4 Å². The second kappa shape index (κ2) is 10.7. The second-order valence-corrected chi connectivity index (χ2v) is 9.38. The van der Waals surface area contributed by atoms with Gasteiger partial charge in [0.05, 0.1) is 5.56 Å². The van der Waals surface area contributed by atoms with Gasteiger partial charge in [0.2, 0.25) is 0 Å². The van der Waals surface area contributed by atoms with Gasteiger partial charge in [0.15, 0.2) is 0 Å². The molecular formula is C26H34F4. The zero-order valence-electron chi connectivity index (χ0n) is 18.0. The van der Waals surface area contributed by atoms with Gasteiger partial charge in [0, 0.05) is 5.92 Å². The van der Waals surface area contributed by atoms with Gasteiger partial charge in [0.1, 0.15) is 5.82 Å². The highest BCUT2D eigenvalue weighted by molar-refractivity contribution is 5.39. The summed E-state index contributed by atoms with van der Waals surface area (Å²) in [6.07, 6.45) is 10.8. The van der Waals surface area contributed by atoms with Crippen molar-refractivity contribution in [2.45, 2.75) is 96.1 Å². The minimum Gasteiger partial charge on any atom is -0.206 e. The highest BCUT2D eigenvalue weighted by Gasteiger charge is 2.31. The third-order valence-corrected chi connectivity index (χ3v) is 7.35. The Morgan fingerprint density at radius 1 is 0.900 bits per heavy atom. The van der Waals surface area contributed by atoms with Crippen LogP contribution in [0.4, 0.5) is 17.6 Å². The van der Waals surface area contributed by atoms with E-state index < -0.39 is 12.0 Å². The van der Waals surface area contributed by atoms with E-state index in [1.54, 1.807) is 6.07 Å². The Kier molecular flexibility index (Phi) is 8.26. The number of hydrogen-bond donors (Lipinski definition) is 0. The number of rotatable bonds is 6. The average Bonchev–Trinajstić information content (AvgIpc) is 2.73. The molecule has 0 aromatic heterocycles. The molecule has 2 saturated carbocycles. The maximum atomic E-state index is 14.2. The molecule has 0 unspecified atom stereocenters. The Balaban J connectivity index is 1.48. The van der Waals surface area contributed by atoms with Crippen LogP contribution >= 0.6 is 0 Å². The number of hydrogen-bond acceptors (Lipinski definition) is 0. The summed E-state index contributed by atoms with van der Waals surface area (Å²) < 4.78 is 50.9. The average molecular weight is 423 g/mol. The van der Waals surface area contributed by atoms with E-state index in [2.05, 4.69) is 6.92 Å². The Morgan fingerprint density at radius 2 is 1.53 bits per heavy atom. The molecule has 4 heteroatoms. The lowest BCUT2D eigenvalue weighted by molar-refractivity contribution is -0.0696. The summed E-state index contributed by atoms with van der Waals surface area (Å²) in [5.41, 5.74) is 0.726. The largest absolute Gasteiger partial charge is 0.458 e. The van der Waals surface area contributed by atoms with Gasteiger partial charge in [0.25, 0.3) is 0 Å². The lowest BCUT2D eigenvalue weighted by Gasteiger charge is -2.38. The molecule has 1 aromatic carbocycles. The fraction of sp³-hybridized carbons (Fsp3) is 0.692. The molecule has 166 valence electrons. The fourth-order valence-electron chi connectivity index (χ4n) is 5.58. The highest BCUT2D eigenvalue weighted by Crippen LogP contribution is 2.44. The lowest BCUT2D eigenvalue weighted by Crippen LogP contribution is -2.25. The van der Waals surface area contributed by atoms with Crippen LogP contribution < -0.4 is 0 Å². The van der Waals surface area contributed by atoms with Crippen LogP contribution in [-0.4, -0.2) is 6.18 Å². The van der Waals surface area contributed by atoms with Crippen molar-refractivity contribution >= 4 is 0 Å². The second-order valence-electron chi connectivity index (χ2n) is 9.38. The predicted molar refractivity (Wildman–Crippen MR) is 114 cm³/mol. The molecule has 0 saturated heterocycles. The number of alkyl halides is 3. The van der Waals surface area contributed by atoms with E-state index in [1.165, 1.54) is 76.3 Å². The summed E-state index contributed by atoms with van der Waals surface area (Å²) in [6, 6.07) is 4.55. The van der Waals surface area contributed by atoms with Crippen molar-refractivity contribution in [2.75, 3.05) is 0 Å². The van der Waals surface area contributed by atoms with Crippen LogP contribution in [0.1, 0.15) is 101 Å². The quantitative estimate of drug-likeness (QED) is 0.245. The van der Waals surface area contributed by atoms with Crippen molar-refractivity contribution in [3.63, 3.8) is 0 Å². The lowest BCUT2D eigenvalue weighted by atomic mass is 9.68. The van der Waals surface area contributed by atoms with Crippen molar-refractivity contribution in [3.8, 4) is 11.8 Å². The van der Waals surface area contributed by atoms with Crippen molar-refractivity contribution in [1.29, 1.82) is 0 Å². The summed E-state index contributed by atoms with van der Waals surface area (Å²) >= 11 is 0. The van der Waals surface area contributed by atoms with E-state index in [9.17, 15) is 17.6 Å². The molecule has 0 heterocycles. The molecule has 2 fully saturated rings. The van der Waals surface area contributed by atoms with Crippen LogP contribution in [0.15, 0.2) is 18.2 Å². The van der Waals surface area contributed by atoms with E-state index in [-0.39, 0.29) is 5.56 Å². The highest BCUT2D eigenvalue weighted by atomic mass is 19.4. The van der Waals surface area contributed by atoms with Gasteiger partial charge in [-0.05, 0) is 79.9 Å². The SMILES string of the molecule is CCCCCC1CCC(C2CCC(c3ccc(C#CC(F)(F)F)c(F)c3)CC2)CC1. The molecule has 0 radical (unpaired) electrons. The third kappa shape index (κ3) is 6.76. The molecule has 0 nitrogen and oxygen atoms in total. The number of unbranched alkanes of at least 4 members (excludes halogenated alkanes) is 2. The molecule has 3 rings (SSSR count). The molecule has 30 heavy (non-hydrogen) atoms. The minimum atomic E-state index is -4.60. The third-order valence-electron chi connectivity index (χ3n) is 7.35. The Hall–Kier alpha value is -1.50. The number of benzene rings is 1. The van der Waals surface area contributed by atoms with Gasteiger partial charge < -0.3 is 0 Å². The Labute approximate surface area is 178 Å². The summed E-state index contributed by atoms with van der Waals surface area (Å²) in [5.74, 6) is 5.29. The van der Waals surface area contributed by atoms with Crippen molar-refractivity contribution in [2.24, 2.45) is 17.8 Å². The van der Waals surface area contributed by atoms with Crippen molar-refractivity contribution in [1.82, 2.24) is 0 Å². The zero-order valence-corrected chi connectivity index (χ0v) is 18.0. The van der Waals surface area contributed by atoms with Crippen LogP contribution in [0.2, 0.25) is 0 Å². The van der Waals surface area contributed by atoms with Crippen molar-refractivity contribution < 1.29 is 17.6 Å². The smallest absolute Gasteiger partial charge is 0.206 e. The van der Waals surface area contributed by atoms with E-state index in [4.69, 9.17) is 0 Å². The van der Waals surface area contributed by atoms with Crippen LogP contribution in [0.25, 0.3) is 0 Å². The maximum absolute atomic E-state index is 14.2. The first-order valence-electron chi connectivity index (χ1n) is 11.7. The summed E-state index contributed by atoms with van der Waals surface area (Å²) in [6.45, 7) is 2.26. The summed E-state index contributed by atoms with van der Waals surface area (Å²) in [4.78, 5) is 0. The zero-order chi connectivity index (χ0) is 21.6. The van der Waals surface area contributed by atoms with Crippen LogP contribution in [0, 0.1) is 35.4 Å². The molecular weight excluding hydrogens is 388 g/mol. The minimum absolute atomic E-state index is 0.180. The number of halogens is 4. The molecule has 0 amide bonds. The molecule has 2 aliphatic rings. The molecule has 0 atom stereocenters. The first-order chi connectivity index (χ1) is 14.4.